The molecular weight excluding hydrogens is 224 g/mol. The van der Waals surface area contributed by atoms with E-state index in [0.717, 1.165) is 34.6 Å². The Morgan fingerprint density at radius 3 is 2.83 bits per heavy atom. The topological polar surface area (TPSA) is 34.2 Å². The van der Waals surface area contributed by atoms with Crippen LogP contribution in [0, 0.1) is 6.92 Å². The van der Waals surface area contributed by atoms with E-state index in [2.05, 4.69) is 23.3 Å². The van der Waals surface area contributed by atoms with E-state index in [1.54, 1.807) is 7.11 Å². The van der Waals surface area contributed by atoms with Crippen molar-refractivity contribution in [2.24, 2.45) is 0 Å². The summed E-state index contributed by atoms with van der Waals surface area (Å²) in [5.74, 6) is 0.867. The number of anilines is 1. The van der Waals surface area contributed by atoms with E-state index in [0.29, 0.717) is 0 Å². The van der Waals surface area contributed by atoms with Gasteiger partial charge in [0.15, 0.2) is 0 Å². The molecule has 1 heterocycles. The predicted molar refractivity (Wildman–Crippen MR) is 76.4 cm³/mol. The first-order valence-electron chi connectivity index (χ1n) is 6.44. The van der Waals surface area contributed by atoms with Crippen molar-refractivity contribution in [3.05, 3.63) is 30.0 Å². The van der Waals surface area contributed by atoms with Crippen molar-refractivity contribution >= 4 is 16.6 Å². The first-order chi connectivity index (χ1) is 8.74. The van der Waals surface area contributed by atoms with Gasteiger partial charge in [0.2, 0.25) is 0 Å². The van der Waals surface area contributed by atoms with Crippen LogP contribution in [0.3, 0.4) is 0 Å². The Kier molecular flexibility index (Phi) is 4.03. The van der Waals surface area contributed by atoms with Crippen LogP contribution in [0.1, 0.15) is 25.5 Å². The van der Waals surface area contributed by atoms with Crippen molar-refractivity contribution in [1.29, 1.82) is 0 Å². The lowest BCUT2D eigenvalue weighted by Crippen LogP contribution is -2.02. The number of rotatable bonds is 5. The van der Waals surface area contributed by atoms with Gasteiger partial charge >= 0.3 is 0 Å². The molecule has 1 aromatic heterocycles. The van der Waals surface area contributed by atoms with Gasteiger partial charge in [-0.3, -0.25) is 4.98 Å². The smallest absolute Gasteiger partial charge is 0.119 e. The molecular formula is C15H20N2O. The van der Waals surface area contributed by atoms with Gasteiger partial charge in [-0.2, -0.15) is 0 Å². The van der Waals surface area contributed by atoms with E-state index in [-0.39, 0.29) is 0 Å². The van der Waals surface area contributed by atoms with Gasteiger partial charge in [-0.1, -0.05) is 13.3 Å². The van der Waals surface area contributed by atoms with Crippen LogP contribution in [0.2, 0.25) is 0 Å². The molecule has 1 N–H and O–H groups in total. The minimum Gasteiger partial charge on any atom is -0.497 e. The summed E-state index contributed by atoms with van der Waals surface area (Å²) in [5, 5.41) is 4.61. The third-order valence-electron chi connectivity index (χ3n) is 2.99. The van der Waals surface area contributed by atoms with Crippen LogP contribution in [0.4, 0.5) is 5.69 Å². The summed E-state index contributed by atoms with van der Waals surface area (Å²) in [5.41, 5.74) is 3.19. The maximum atomic E-state index is 5.28. The number of pyridine rings is 1. The highest BCUT2D eigenvalue weighted by molar-refractivity contribution is 5.92. The zero-order valence-electron chi connectivity index (χ0n) is 11.3. The van der Waals surface area contributed by atoms with Crippen molar-refractivity contribution in [3.8, 4) is 5.75 Å². The van der Waals surface area contributed by atoms with Crippen LogP contribution >= 0.6 is 0 Å². The molecule has 0 aliphatic rings. The molecule has 3 heteroatoms. The molecule has 0 unspecified atom stereocenters. The Labute approximate surface area is 108 Å². The van der Waals surface area contributed by atoms with Gasteiger partial charge in [0, 0.05) is 23.3 Å². The summed E-state index contributed by atoms with van der Waals surface area (Å²) in [6.45, 7) is 5.21. The monoisotopic (exact) mass is 244 g/mol. The van der Waals surface area contributed by atoms with Crippen LogP contribution in [0.25, 0.3) is 10.9 Å². The van der Waals surface area contributed by atoms with Crippen LogP contribution in [-0.4, -0.2) is 18.6 Å². The number of hydrogen-bond donors (Lipinski definition) is 1. The summed E-state index contributed by atoms with van der Waals surface area (Å²) in [7, 11) is 1.69. The number of benzene rings is 1. The Morgan fingerprint density at radius 1 is 1.28 bits per heavy atom. The second-order valence-corrected chi connectivity index (χ2v) is 4.47. The lowest BCUT2D eigenvalue weighted by molar-refractivity contribution is 0.415. The summed E-state index contributed by atoms with van der Waals surface area (Å²) >= 11 is 0. The first-order valence-corrected chi connectivity index (χ1v) is 6.44. The number of fused-ring (bicyclic) bond motifs is 1. The third-order valence-corrected chi connectivity index (χ3v) is 2.99. The number of methoxy groups -OCH3 is 1. The van der Waals surface area contributed by atoms with Crippen LogP contribution in [0.15, 0.2) is 24.3 Å². The van der Waals surface area contributed by atoms with E-state index in [4.69, 9.17) is 4.74 Å². The van der Waals surface area contributed by atoms with Crippen molar-refractivity contribution in [1.82, 2.24) is 4.98 Å². The molecule has 0 amide bonds. The first kappa shape index (κ1) is 12.7. The molecule has 0 fully saturated rings. The highest BCUT2D eigenvalue weighted by Gasteiger charge is 2.05. The third kappa shape index (κ3) is 2.73. The SMILES string of the molecule is CCCCNc1cc(C)nc2ccc(OC)cc12. The summed E-state index contributed by atoms with van der Waals surface area (Å²) in [6, 6.07) is 8.09. The molecule has 2 aromatic rings. The Hall–Kier alpha value is -1.77. The van der Waals surface area contributed by atoms with Crippen LogP contribution in [-0.2, 0) is 0 Å². The minimum absolute atomic E-state index is 0.867. The number of nitrogens with zero attached hydrogens (tertiary/aromatic N) is 1. The lowest BCUT2D eigenvalue weighted by Gasteiger charge is -2.11. The van der Waals surface area contributed by atoms with E-state index in [1.165, 1.54) is 12.8 Å². The summed E-state index contributed by atoms with van der Waals surface area (Å²) < 4.78 is 5.28. The Morgan fingerprint density at radius 2 is 2.11 bits per heavy atom. The number of nitrogens with one attached hydrogen (secondary N) is 1. The molecule has 0 spiro atoms. The van der Waals surface area contributed by atoms with Gasteiger partial charge in [0.05, 0.1) is 12.6 Å². The molecule has 0 aliphatic heterocycles. The number of aromatic nitrogens is 1. The number of unbranched alkanes of at least 4 members (excludes halogenated alkanes) is 1. The maximum absolute atomic E-state index is 5.28. The Bertz CT molecular complexity index is 537. The van der Waals surface area contributed by atoms with Crippen molar-refractivity contribution in [2.75, 3.05) is 19.0 Å². The molecule has 2 rings (SSSR count). The van der Waals surface area contributed by atoms with Crippen molar-refractivity contribution in [3.63, 3.8) is 0 Å². The Balaban J connectivity index is 2.41. The molecule has 18 heavy (non-hydrogen) atoms. The normalized spacial score (nSPS) is 10.6. The molecule has 0 atom stereocenters. The highest BCUT2D eigenvalue weighted by Crippen LogP contribution is 2.27. The van der Waals surface area contributed by atoms with E-state index >= 15 is 0 Å². The fourth-order valence-electron chi connectivity index (χ4n) is 2.01. The molecule has 3 nitrogen and oxygen atoms in total. The van der Waals surface area contributed by atoms with Crippen molar-refractivity contribution < 1.29 is 4.74 Å². The molecule has 0 bridgehead atoms. The summed E-state index contributed by atoms with van der Waals surface area (Å²) in [4.78, 5) is 4.54. The number of hydrogen-bond acceptors (Lipinski definition) is 3. The standard InChI is InChI=1S/C15H20N2O/c1-4-5-8-16-15-9-11(2)17-14-7-6-12(18-3)10-13(14)15/h6-7,9-10H,4-5,8H2,1-3H3,(H,16,17). The van der Waals surface area contributed by atoms with Gasteiger partial charge in [-0.25, -0.2) is 0 Å². The van der Waals surface area contributed by atoms with E-state index in [1.807, 2.05) is 25.1 Å². The van der Waals surface area contributed by atoms with Gasteiger partial charge in [-0.05, 0) is 37.6 Å². The van der Waals surface area contributed by atoms with Gasteiger partial charge < -0.3 is 10.1 Å². The molecule has 0 saturated heterocycles. The average molecular weight is 244 g/mol. The quantitative estimate of drug-likeness (QED) is 0.813. The maximum Gasteiger partial charge on any atom is 0.119 e. The molecule has 1 aromatic carbocycles. The van der Waals surface area contributed by atoms with Gasteiger partial charge in [-0.15, -0.1) is 0 Å². The molecule has 96 valence electrons. The fraction of sp³-hybridized carbons (Fsp3) is 0.400. The predicted octanol–water partition coefficient (Wildman–Crippen LogP) is 3.76. The van der Waals surface area contributed by atoms with E-state index < -0.39 is 0 Å². The van der Waals surface area contributed by atoms with Crippen LogP contribution in [0.5, 0.6) is 5.75 Å². The minimum atomic E-state index is 0.867. The number of aryl methyl sites for hydroxylation is 1. The second-order valence-electron chi connectivity index (χ2n) is 4.47. The van der Waals surface area contributed by atoms with Gasteiger partial charge in [0.25, 0.3) is 0 Å². The zero-order valence-corrected chi connectivity index (χ0v) is 11.3. The van der Waals surface area contributed by atoms with Crippen molar-refractivity contribution in [2.45, 2.75) is 26.7 Å². The lowest BCUT2D eigenvalue weighted by atomic mass is 10.1. The summed E-state index contributed by atoms with van der Waals surface area (Å²) in [6.07, 6.45) is 2.37. The molecule has 0 radical (unpaired) electrons. The van der Waals surface area contributed by atoms with Crippen LogP contribution < -0.4 is 10.1 Å². The fourth-order valence-corrected chi connectivity index (χ4v) is 2.01. The van der Waals surface area contributed by atoms with Gasteiger partial charge in [0.1, 0.15) is 5.75 Å². The molecule has 0 saturated carbocycles. The number of ether oxygens (including phenoxy) is 1. The highest BCUT2D eigenvalue weighted by atomic mass is 16.5. The average Bonchev–Trinajstić information content (AvgIpc) is 2.38. The molecule has 0 aliphatic carbocycles. The van der Waals surface area contributed by atoms with E-state index in [9.17, 15) is 0 Å². The second kappa shape index (κ2) is 5.71. The zero-order chi connectivity index (χ0) is 13.0. The largest absolute Gasteiger partial charge is 0.497 e.